The summed E-state index contributed by atoms with van der Waals surface area (Å²) >= 11 is 0. The van der Waals surface area contributed by atoms with Gasteiger partial charge in [0.2, 0.25) is 5.88 Å². The van der Waals surface area contributed by atoms with E-state index < -0.39 is 0 Å². The molecule has 0 aromatic carbocycles. The van der Waals surface area contributed by atoms with Gasteiger partial charge in [0.1, 0.15) is 6.61 Å². The molecule has 2 rings (SSSR count). The lowest BCUT2D eigenvalue weighted by molar-refractivity contribution is 0.0662. The molecule has 1 aliphatic heterocycles. The maximum atomic E-state index is 11.6. The van der Waals surface area contributed by atoms with Crippen LogP contribution >= 0.6 is 0 Å². The number of carbonyl (C=O) groups excluding carboxylic acids is 1. The molecule has 0 aliphatic carbocycles. The highest BCUT2D eigenvalue weighted by molar-refractivity contribution is 5.93. The molecule has 1 aromatic rings. The average molecular weight is 250 g/mol. The summed E-state index contributed by atoms with van der Waals surface area (Å²) in [4.78, 5) is 17.3. The number of amides is 1. The van der Waals surface area contributed by atoms with Crippen molar-refractivity contribution in [1.82, 2.24) is 9.88 Å². The Hall–Kier alpha value is -1.62. The first-order valence-corrected chi connectivity index (χ1v) is 6.09. The summed E-state index contributed by atoms with van der Waals surface area (Å²) in [6.07, 6.45) is 3.84. The fourth-order valence-corrected chi connectivity index (χ4v) is 1.80. The van der Waals surface area contributed by atoms with Gasteiger partial charge in [0.25, 0.3) is 5.91 Å². The molecule has 5 nitrogen and oxygen atoms in total. The summed E-state index contributed by atoms with van der Waals surface area (Å²) in [6.45, 7) is 1.34. The standard InChI is InChI=1S/C13H18N2O3/c1-15(2)13(16)10-5-6-12(14-8-10)18-9-11-4-3-7-17-11/h5-6,8,11H,3-4,7,9H2,1-2H3/t11-/m0/s1. The van der Waals surface area contributed by atoms with E-state index in [1.807, 2.05) is 0 Å². The second-order valence-electron chi connectivity index (χ2n) is 4.53. The molecule has 1 amide bonds. The van der Waals surface area contributed by atoms with Gasteiger partial charge in [0, 0.05) is 33.0 Å². The largest absolute Gasteiger partial charge is 0.475 e. The highest BCUT2D eigenvalue weighted by Crippen LogP contribution is 2.14. The molecule has 1 fully saturated rings. The summed E-state index contributed by atoms with van der Waals surface area (Å²) in [5.74, 6) is 0.467. The summed E-state index contributed by atoms with van der Waals surface area (Å²) in [6, 6.07) is 3.44. The first-order valence-electron chi connectivity index (χ1n) is 6.09. The van der Waals surface area contributed by atoms with Gasteiger partial charge < -0.3 is 14.4 Å². The highest BCUT2D eigenvalue weighted by atomic mass is 16.5. The zero-order valence-electron chi connectivity index (χ0n) is 10.8. The zero-order valence-corrected chi connectivity index (χ0v) is 10.8. The third-order valence-electron chi connectivity index (χ3n) is 2.83. The van der Waals surface area contributed by atoms with Crippen molar-refractivity contribution in [2.24, 2.45) is 0 Å². The van der Waals surface area contributed by atoms with Gasteiger partial charge in [-0.15, -0.1) is 0 Å². The molecule has 1 saturated heterocycles. The quantitative estimate of drug-likeness (QED) is 0.809. The van der Waals surface area contributed by atoms with Crippen molar-refractivity contribution >= 4 is 5.91 Å². The molecule has 5 heteroatoms. The first-order chi connectivity index (χ1) is 8.66. The average Bonchev–Trinajstić information content (AvgIpc) is 2.89. The Morgan fingerprint density at radius 3 is 2.94 bits per heavy atom. The third kappa shape index (κ3) is 3.20. The molecule has 18 heavy (non-hydrogen) atoms. The van der Waals surface area contributed by atoms with Crippen molar-refractivity contribution in [3.8, 4) is 5.88 Å². The fraction of sp³-hybridized carbons (Fsp3) is 0.538. The lowest BCUT2D eigenvalue weighted by atomic mass is 10.2. The smallest absolute Gasteiger partial charge is 0.254 e. The molecule has 98 valence electrons. The molecular weight excluding hydrogens is 232 g/mol. The Bertz CT molecular complexity index is 397. The van der Waals surface area contributed by atoms with Crippen LogP contribution in [0.3, 0.4) is 0 Å². The minimum Gasteiger partial charge on any atom is -0.475 e. The van der Waals surface area contributed by atoms with Crippen molar-refractivity contribution in [3.63, 3.8) is 0 Å². The molecular formula is C13H18N2O3. The molecule has 0 radical (unpaired) electrons. The van der Waals surface area contributed by atoms with Crippen molar-refractivity contribution in [1.29, 1.82) is 0 Å². The van der Waals surface area contributed by atoms with Gasteiger partial charge in [-0.05, 0) is 18.9 Å². The monoisotopic (exact) mass is 250 g/mol. The van der Waals surface area contributed by atoms with E-state index in [1.54, 1.807) is 26.2 Å². The van der Waals surface area contributed by atoms with E-state index in [4.69, 9.17) is 9.47 Å². The minimum absolute atomic E-state index is 0.0619. The Labute approximate surface area is 107 Å². The van der Waals surface area contributed by atoms with E-state index in [9.17, 15) is 4.79 Å². The van der Waals surface area contributed by atoms with Crippen LogP contribution in [0.15, 0.2) is 18.3 Å². The van der Waals surface area contributed by atoms with E-state index in [1.165, 1.54) is 11.1 Å². The van der Waals surface area contributed by atoms with Crippen LogP contribution in [0.2, 0.25) is 0 Å². The fourth-order valence-electron chi connectivity index (χ4n) is 1.80. The van der Waals surface area contributed by atoms with Gasteiger partial charge in [-0.1, -0.05) is 0 Å². The lowest BCUT2D eigenvalue weighted by Crippen LogP contribution is -2.22. The second-order valence-corrected chi connectivity index (χ2v) is 4.53. The maximum Gasteiger partial charge on any atom is 0.254 e. The molecule has 0 spiro atoms. The second kappa shape index (κ2) is 5.82. The Morgan fingerprint density at radius 2 is 2.39 bits per heavy atom. The summed E-state index contributed by atoms with van der Waals surface area (Å²) < 4.78 is 11.0. The Morgan fingerprint density at radius 1 is 1.56 bits per heavy atom. The number of pyridine rings is 1. The number of hydrogen-bond donors (Lipinski definition) is 0. The summed E-state index contributed by atoms with van der Waals surface area (Å²) in [5.41, 5.74) is 0.560. The van der Waals surface area contributed by atoms with Crippen LogP contribution in [0.1, 0.15) is 23.2 Å². The van der Waals surface area contributed by atoms with Gasteiger partial charge in [-0.2, -0.15) is 0 Å². The van der Waals surface area contributed by atoms with Crippen molar-refractivity contribution < 1.29 is 14.3 Å². The topological polar surface area (TPSA) is 51.7 Å². The van der Waals surface area contributed by atoms with Crippen LogP contribution in [-0.4, -0.2) is 49.2 Å². The van der Waals surface area contributed by atoms with Gasteiger partial charge in [-0.3, -0.25) is 4.79 Å². The van der Waals surface area contributed by atoms with Crippen molar-refractivity contribution in [3.05, 3.63) is 23.9 Å². The molecule has 1 aliphatic rings. The van der Waals surface area contributed by atoms with Crippen molar-refractivity contribution in [2.45, 2.75) is 18.9 Å². The Kier molecular flexibility index (Phi) is 4.15. The maximum absolute atomic E-state index is 11.6. The van der Waals surface area contributed by atoms with Gasteiger partial charge in [-0.25, -0.2) is 4.98 Å². The van der Waals surface area contributed by atoms with Crippen molar-refractivity contribution in [2.75, 3.05) is 27.3 Å². The minimum atomic E-state index is -0.0619. The predicted octanol–water partition coefficient (Wildman–Crippen LogP) is 1.34. The third-order valence-corrected chi connectivity index (χ3v) is 2.83. The van der Waals surface area contributed by atoms with E-state index in [2.05, 4.69) is 4.98 Å². The number of ether oxygens (including phenoxy) is 2. The molecule has 0 bridgehead atoms. The first kappa shape index (κ1) is 12.8. The van der Waals surface area contributed by atoms with E-state index in [0.29, 0.717) is 18.1 Å². The van der Waals surface area contributed by atoms with Crippen LogP contribution in [0.5, 0.6) is 5.88 Å². The van der Waals surface area contributed by atoms with Crippen LogP contribution in [-0.2, 0) is 4.74 Å². The summed E-state index contributed by atoms with van der Waals surface area (Å²) in [5, 5.41) is 0. The normalized spacial score (nSPS) is 18.7. The molecule has 0 N–H and O–H groups in total. The summed E-state index contributed by atoms with van der Waals surface area (Å²) in [7, 11) is 3.42. The van der Waals surface area contributed by atoms with Crippen LogP contribution in [0, 0.1) is 0 Å². The van der Waals surface area contributed by atoms with Gasteiger partial charge in [0.15, 0.2) is 0 Å². The molecule has 2 heterocycles. The van der Waals surface area contributed by atoms with E-state index in [-0.39, 0.29) is 12.0 Å². The van der Waals surface area contributed by atoms with Crippen LogP contribution < -0.4 is 4.74 Å². The molecule has 1 atom stereocenters. The lowest BCUT2D eigenvalue weighted by Gasteiger charge is -2.12. The highest BCUT2D eigenvalue weighted by Gasteiger charge is 2.16. The number of aromatic nitrogens is 1. The number of hydrogen-bond acceptors (Lipinski definition) is 4. The Balaban J connectivity index is 1.89. The van der Waals surface area contributed by atoms with Gasteiger partial charge in [0.05, 0.1) is 11.7 Å². The molecule has 0 unspecified atom stereocenters. The number of nitrogens with zero attached hydrogens (tertiary/aromatic N) is 2. The zero-order chi connectivity index (χ0) is 13.0. The number of carbonyl (C=O) groups is 1. The van der Waals surface area contributed by atoms with Crippen LogP contribution in [0.25, 0.3) is 0 Å². The molecule has 1 aromatic heterocycles. The van der Waals surface area contributed by atoms with E-state index in [0.717, 1.165) is 19.4 Å². The molecule has 0 saturated carbocycles. The van der Waals surface area contributed by atoms with Gasteiger partial charge >= 0.3 is 0 Å². The predicted molar refractivity (Wildman–Crippen MR) is 66.7 cm³/mol. The SMILES string of the molecule is CN(C)C(=O)c1ccc(OC[C@@H]2CCCO2)nc1. The van der Waals surface area contributed by atoms with Crippen LogP contribution in [0.4, 0.5) is 0 Å². The number of rotatable bonds is 4. The van der Waals surface area contributed by atoms with E-state index >= 15 is 0 Å².